The molecule has 0 radical (unpaired) electrons. The van der Waals surface area contributed by atoms with Crippen LogP contribution in [0.1, 0.15) is 11.1 Å². The van der Waals surface area contributed by atoms with E-state index in [0.717, 1.165) is 17.5 Å². The van der Waals surface area contributed by atoms with Crippen molar-refractivity contribution in [2.75, 3.05) is 11.6 Å². The van der Waals surface area contributed by atoms with Gasteiger partial charge in [-0.2, -0.15) is 8.42 Å². The number of nitrogens with one attached hydrogen (secondary N) is 1. The number of anilines is 2. The van der Waals surface area contributed by atoms with Crippen LogP contribution in [0.15, 0.2) is 60.8 Å². The van der Waals surface area contributed by atoms with Crippen LogP contribution in [0, 0.1) is 0 Å². The van der Waals surface area contributed by atoms with E-state index in [0.29, 0.717) is 22.8 Å². The standard InChI is InChI=1S/C19H19N3O4S/c1-27(24,25)26-13-15-9-14(12-23)10-17(11-15)21-19-20-8-7-18(22-19)16-5-3-2-4-6-16/h2-11,23H,12-13H2,1H3,(H,20,21,22). The minimum Gasteiger partial charge on any atom is -0.392 e. The molecule has 0 bridgehead atoms. The molecule has 3 rings (SSSR count). The molecule has 0 atom stereocenters. The van der Waals surface area contributed by atoms with Gasteiger partial charge in [0.2, 0.25) is 5.95 Å². The van der Waals surface area contributed by atoms with Crippen LogP contribution in [-0.4, -0.2) is 29.7 Å². The number of hydrogen-bond acceptors (Lipinski definition) is 7. The average Bonchev–Trinajstić information content (AvgIpc) is 2.66. The molecular weight excluding hydrogens is 366 g/mol. The fraction of sp³-hybridized carbons (Fsp3) is 0.158. The molecule has 8 heteroatoms. The van der Waals surface area contributed by atoms with E-state index >= 15 is 0 Å². The number of rotatable bonds is 7. The van der Waals surface area contributed by atoms with Gasteiger partial charge in [-0.3, -0.25) is 4.18 Å². The highest BCUT2D eigenvalue weighted by Gasteiger charge is 2.08. The molecule has 140 valence electrons. The smallest absolute Gasteiger partial charge is 0.264 e. The van der Waals surface area contributed by atoms with Crippen molar-refractivity contribution in [2.45, 2.75) is 13.2 Å². The van der Waals surface area contributed by atoms with E-state index in [-0.39, 0.29) is 13.2 Å². The van der Waals surface area contributed by atoms with Crippen LogP contribution in [0.3, 0.4) is 0 Å². The van der Waals surface area contributed by atoms with E-state index < -0.39 is 10.1 Å². The van der Waals surface area contributed by atoms with Gasteiger partial charge in [0.15, 0.2) is 0 Å². The van der Waals surface area contributed by atoms with E-state index in [1.54, 1.807) is 24.4 Å². The van der Waals surface area contributed by atoms with Crippen molar-refractivity contribution in [1.29, 1.82) is 0 Å². The third kappa shape index (κ3) is 5.58. The summed E-state index contributed by atoms with van der Waals surface area (Å²) >= 11 is 0. The van der Waals surface area contributed by atoms with Gasteiger partial charge >= 0.3 is 0 Å². The Morgan fingerprint density at radius 1 is 1.07 bits per heavy atom. The Kier molecular flexibility index (Phi) is 5.80. The summed E-state index contributed by atoms with van der Waals surface area (Å²) < 4.78 is 27.2. The van der Waals surface area contributed by atoms with Gasteiger partial charge in [0.1, 0.15) is 0 Å². The molecule has 1 aromatic heterocycles. The van der Waals surface area contributed by atoms with E-state index in [1.165, 1.54) is 0 Å². The zero-order chi connectivity index (χ0) is 19.3. The lowest BCUT2D eigenvalue weighted by atomic mass is 10.1. The van der Waals surface area contributed by atoms with Crippen LogP contribution in [-0.2, 0) is 27.5 Å². The lowest BCUT2D eigenvalue weighted by molar-refractivity contribution is 0.281. The molecule has 0 saturated carbocycles. The zero-order valence-electron chi connectivity index (χ0n) is 14.7. The van der Waals surface area contributed by atoms with Crippen molar-refractivity contribution in [3.63, 3.8) is 0 Å². The summed E-state index contributed by atoms with van der Waals surface area (Å²) in [6.45, 7) is -0.307. The van der Waals surface area contributed by atoms with E-state index in [2.05, 4.69) is 15.3 Å². The molecule has 0 fully saturated rings. The second-order valence-corrected chi connectivity index (χ2v) is 7.56. The summed E-state index contributed by atoms with van der Waals surface area (Å²) in [6.07, 6.45) is 2.65. The molecule has 3 aromatic rings. The number of aliphatic hydroxyl groups excluding tert-OH is 1. The fourth-order valence-electron chi connectivity index (χ4n) is 2.50. The number of hydrogen-bond donors (Lipinski definition) is 2. The van der Waals surface area contributed by atoms with Crippen LogP contribution in [0.2, 0.25) is 0 Å². The first-order valence-corrected chi connectivity index (χ1v) is 9.98. The predicted molar refractivity (Wildman–Crippen MR) is 103 cm³/mol. The summed E-state index contributed by atoms with van der Waals surface area (Å²) in [4.78, 5) is 8.72. The van der Waals surface area contributed by atoms with Crippen molar-refractivity contribution in [3.05, 3.63) is 71.9 Å². The monoisotopic (exact) mass is 385 g/mol. The molecule has 0 amide bonds. The maximum atomic E-state index is 11.2. The molecule has 1 heterocycles. The number of aliphatic hydroxyl groups is 1. The second-order valence-electron chi connectivity index (χ2n) is 5.92. The topological polar surface area (TPSA) is 101 Å². The van der Waals surface area contributed by atoms with Crippen LogP contribution < -0.4 is 5.32 Å². The van der Waals surface area contributed by atoms with Crippen molar-refractivity contribution in [2.24, 2.45) is 0 Å². The molecule has 2 aromatic carbocycles. The highest BCUT2D eigenvalue weighted by atomic mass is 32.2. The first-order chi connectivity index (χ1) is 12.9. The minimum atomic E-state index is -3.56. The van der Waals surface area contributed by atoms with Crippen molar-refractivity contribution in [1.82, 2.24) is 9.97 Å². The van der Waals surface area contributed by atoms with Crippen LogP contribution >= 0.6 is 0 Å². The summed E-state index contributed by atoms with van der Waals surface area (Å²) in [5.41, 5.74) is 3.58. The first kappa shape index (κ1) is 19.0. The lowest BCUT2D eigenvalue weighted by Crippen LogP contribution is -2.04. The molecule has 0 saturated heterocycles. The lowest BCUT2D eigenvalue weighted by Gasteiger charge is -2.11. The highest BCUT2D eigenvalue weighted by molar-refractivity contribution is 7.85. The summed E-state index contributed by atoms with van der Waals surface area (Å²) in [6, 6.07) is 16.7. The van der Waals surface area contributed by atoms with E-state index in [4.69, 9.17) is 4.18 Å². The van der Waals surface area contributed by atoms with Gasteiger partial charge in [-0.05, 0) is 29.3 Å². The number of nitrogens with zero attached hydrogens (tertiary/aromatic N) is 2. The summed E-state index contributed by atoms with van der Waals surface area (Å²) in [7, 11) is -3.56. The summed E-state index contributed by atoms with van der Waals surface area (Å²) in [5.74, 6) is 0.390. The fourth-order valence-corrected chi connectivity index (χ4v) is 2.85. The van der Waals surface area contributed by atoms with E-state index in [9.17, 15) is 13.5 Å². The SMILES string of the molecule is CS(=O)(=O)OCc1cc(CO)cc(Nc2nccc(-c3ccccc3)n2)c1. The Bertz CT molecular complexity index is 1020. The van der Waals surface area contributed by atoms with Crippen LogP contribution in [0.25, 0.3) is 11.3 Å². The first-order valence-electron chi connectivity index (χ1n) is 8.16. The molecule has 2 N–H and O–H groups in total. The average molecular weight is 385 g/mol. The van der Waals surface area contributed by atoms with E-state index in [1.807, 2.05) is 36.4 Å². The van der Waals surface area contributed by atoms with Gasteiger partial charge in [0.25, 0.3) is 10.1 Å². The zero-order valence-corrected chi connectivity index (χ0v) is 15.5. The molecule has 0 aliphatic rings. The van der Waals surface area contributed by atoms with Crippen LogP contribution in [0.5, 0.6) is 0 Å². The highest BCUT2D eigenvalue weighted by Crippen LogP contribution is 2.22. The van der Waals surface area contributed by atoms with Crippen molar-refractivity contribution in [3.8, 4) is 11.3 Å². The van der Waals surface area contributed by atoms with Crippen molar-refractivity contribution >= 4 is 21.8 Å². The Morgan fingerprint density at radius 2 is 1.81 bits per heavy atom. The predicted octanol–water partition coefficient (Wildman–Crippen LogP) is 2.86. The van der Waals surface area contributed by atoms with Gasteiger partial charge in [-0.25, -0.2) is 9.97 Å². The maximum Gasteiger partial charge on any atom is 0.264 e. The van der Waals surface area contributed by atoms with Gasteiger partial charge in [0, 0.05) is 17.4 Å². The third-order valence-corrected chi connectivity index (χ3v) is 4.20. The molecule has 0 aliphatic carbocycles. The number of benzene rings is 2. The minimum absolute atomic E-state index is 0.119. The van der Waals surface area contributed by atoms with Crippen LogP contribution in [0.4, 0.5) is 11.6 Å². The Labute approximate surface area is 157 Å². The molecule has 0 unspecified atom stereocenters. The van der Waals surface area contributed by atoms with Gasteiger partial charge in [0.05, 0.1) is 25.2 Å². The summed E-state index contributed by atoms with van der Waals surface area (Å²) in [5, 5.41) is 12.5. The second kappa shape index (κ2) is 8.26. The Morgan fingerprint density at radius 3 is 2.52 bits per heavy atom. The molecular formula is C19H19N3O4S. The van der Waals surface area contributed by atoms with Gasteiger partial charge in [-0.1, -0.05) is 36.4 Å². The third-order valence-electron chi connectivity index (χ3n) is 3.66. The normalized spacial score (nSPS) is 11.3. The molecule has 7 nitrogen and oxygen atoms in total. The van der Waals surface area contributed by atoms with Crippen molar-refractivity contribution < 1.29 is 17.7 Å². The molecule has 27 heavy (non-hydrogen) atoms. The molecule has 0 spiro atoms. The maximum absolute atomic E-state index is 11.2. The number of aromatic nitrogens is 2. The molecule has 0 aliphatic heterocycles. The Balaban J connectivity index is 1.84. The van der Waals surface area contributed by atoms with Gasteiger partial charge < -0.3 is 10.4 Å². The van der Waals surface area contributed by atoms with Gasteiger partial charge in [-0.15, -0.1) is 0 Å². The largest absolute Gasteiger partial charge is 0.392 e. The quantitative estimate of drug-likeness (QED) is 0.603. The Hall–Kier alpha value is -2.81.